The number of benzene rings is 1. The molecule has 0 unspecified atom stereocenters. The van der Waals surface area contributed by atoms with Gasteiger partial charge in [0.15, 0.2) is 0 Å². The number of halogens is 4. The van der Waals surface area contributed by atoms with Crippen LogP contribution in [0.2, 0.25) is 0 Å². The number of aromatic nitrogens is 3. The number of hydrogen-bond acceptors (Lipinski definition) is 7. The fourth-order valence-corrected chi connectivity index (χ4v) is 3.56. The van der Waals surface area contributed by atoms with Gasteiger partial charge in [0.05, 0.1) is 36.2 Å². The molecule has 12 heteroatoms. The highest BCUT2D eigenvalue weighted by Crippen LogP contribution is 2.32. The number of hydrogen-bond donors (Lipinski definition) is 2. The Morgan fingerprint density at radius 3 is 2.48 bits per heavy atom. The molecule has 2 N–H and O–H groups in total. The number of carbonyl (C=O) groups excluding carboxylic acids is 1. The number of rotatable bonds is 11. The van der Waals surface area contributed by atoms with Gasteiger partial charge in [-0.1, -0.05) is 18.7 Å². The summed E-state index contributed by atoms with van der Waals surface area (Å²) >= 11 is 0. The lowest BCUT2D eigenvalue weighted by Gasteiger charge is -2.15. The van der Waals surface area contributed by atoms with Crippen molar-refractivity contribution >= 4 is 17.5 Å². The highest BCUT2D eigenvalue weighted by molar-refractivity contribution is 5.92. The van der Waals surface area contributed by atoms with Crippen LogP contribution in [0.25, 0.3) is 11.1 Å². The van der Waals surface area contributed by atoms with E-state index in [1.165, 1.54) is 31.5 Å². The van der Waals surface area contributed by atoms with Crippen molar-refractivity contribution in [2.75, 3.05) is 37.9 Å². The second-order valence-electron chi connectivity index (χ2n) is 8.71. The first-order valence-electron chi connectivity index (χ1n) is 12.0. The zero-order chi connectivity index (χ0) is 29.3. The molecule has 3 rings (SSSR count). The number of anilines is 2. The van der Waals surface area contributed by atoms with Crippen LogP contribution in [0.1, 0.15) is 16.8 Å². The molecule has 0 bridgehead atoms. The Labute approximate surface area is 229 Å². The number of likely N-dealkylation sites (N-methyl/N-ethyl adjacent to an activating group) is 1. The van der Waals surface area contributed by atoms with Gasteiger partial charge in [-0.2, -0.15) is 13.2 Å². The number of pyridine rings is 1. The first kappa shape index (κ1) is 30.0. The molecule has 0 saturated heterocycles. The molecule has 0 aliphatic rings. The number of methoxy groups -OCH3 is 1. The highest BCUT2D eigenvalue weighted by Gasteiger charge is 2.33. The maximum Gasteiger partial charge on any atom is 0.418 e. The summed E-state index contributed by atoms with van der Waals surface area (Å²) in [5.41, 5.74) is 3.13. The summed E-state index contributed by atoms with van der Waals surface area (Å²) in [6.45, 7) is 6.02. The molecule has 0 atom stereocenters. The van der Waals surface area contributed by atoms with Crippen molar-refractivity contribution in [1.82, 2.24) is 19.9 Å². The molecule has 1 amide bonds. The molecule has 210 valence electrons. The van der Waals surface area contributed by atoms with Gasteiger partial charge in [-0.25, -0.2) is 14.4 Å². The fourth-order valence-electron chi connectivity index (χ4n) is 3.56. The second kappa shape index (κ2) is 13.5. The van der Waals surface area contributed by atoms with Gasteiger partial charge in [-0.3, -0.25) is 9.78 Å². The van der Waals surface area contributed by atoms with Crippen molar-refractivity contribution in [3.63, 3.8) is 0 Å². The lowest BCUT2D eigenvalue weighted by Crippen LogP contribution is -2.18. The summed E-state index contributed by atoms with van der Waals surface area (Å²) in [5.74, 6) is -1.04. The smallest absolute Gasteiger partial charge is 0.383 e. The molecule has 0 saturated carbocycles. The van der Waals surface area contributed by atoms with Gasteiger partial charge < -0.3 is 20.3 Å². The van der Waals surface area contributed by atoms with Crippen LogP contribution in [0.4, 0.5) is 29.2 Å². The average molecular weight is 557 g/mol. The largest absolute Gasteiger partial charge is 0.418 e. The van der Waals surface area contributed by atoms with Gasteiger partial charge in [-0.05, 0) is 30.2 Å². The average Bonchev–Trinajstić information content (AvgIpc) is 2.89. The molecule has 0 aliphatic carbocycles. The molecular weight excluding hydrogens is 528 g/mol. The molecule has 1 aromatic carbocycles. The Morgan fingerprint density at radius 2 is 1.85 bits per heavy atom. The van der Waals surface area contributed by atoms with Crippen LogP contribution >= 0.6 is 0 Å². The summed E-state index contributed by atoms with van der Waals surface area (Å²) in [6.07, 6.45) is 2.61. The van der Waals surface area contributed by atoms with Gasteiger partial charge in [0.25, 0.3) is 0 Å². The van der Waals surface area contributed by atoms with Crippen LogP contribution in [-0.4, -0.2) is 53.1 Å². The molecule has 40 heavy (non-hydrogen) atoms. The summed E-state index contributed by atoms with van der Waals surface area (Å²) in [6, 6.07) is 5.06. The van der Waals surface area contributed by atoms with E-state index < -0.39 is 23.5 Å². The second-order valence-corrected chi connectivity index (χ2v) is 8.71. The van der Waals surface area contributed by atoms with E-state index in [1.807, 2.05) is 18.1 Å². The first-order chi connectivity index (χ1) is 19.0. The predicted molar refractivity (Wildman–Crippen MR) is 144 cm³/mol. The van der Waals surface area contributed by atoms with E-state index in [1.54, 1.807) is 19.3 Å². The summed E-state index contributed by atoms with van der Waals surface area (Å²) in [4.78, 5) is 26.5. The monoisotopic (exact) mass is 556 g/mol. The zero-order valence-electron chi connectivity index (χ0n) is 22.1. The topological polar surface area (TPSA) is 92.3 Å². The molecule has 0 spiro atoms. The number of amides is 1. The van der Waals surface area contributed by atoms with Gasteiger partial charge in [0.1, 0.15) is 5.82 Å². The van der Waals surface area contributed by atoms with E-state index in [2.05, 4.69) is 37.9 Å². The predicted octanol–water partition coefficient (Wildman–Crippen LogP) is 5.36. The van der Waals surface area contributed by atoms with E-state index in [0.717, 1.165) is 12.3 Å². The van der Waals surface area contributed by atoms with Crippen LogP contribution in [-0.2, 0) is 22.1 Å². The molecule has 0 aliphatic heterocycles. The summed E-state index contributed by atoms with van der Waals surface area (Å²) in [5, 5.41) is 5.39. The minimum Gasteiger partial charge on any atom is -0.383 e. The van der Waals surface area contributed by atoms with E-state index in [0.29, 0.717) is 35.9 Å². The van der Waals surface area contributed by atoms with E-state index in [-0.39, 0.29) is 23.4 Å². The van der Waals surface area contributed by atoms with Gasteiger partial charge in [0, 0.05) is 56.6 Å². The molecule has 2 aromatic heterocycles. The highest BCUT2D eigenvalue weighted by atomic mass is 19.4. The Hall–Kier alpha value is -4.54. The Balaban J connectivity index is 1.67. The van der Waals surface area contributed by atoms with Crippen LogP contribution in [0.5, 0.6) is 0 Å². The lowest BCUT2D eigenvalue weighted by atomic mass is 10.0. The third-order valence-corrected chi connectivity index (χ3v) is 5.59. The molecule has 8 nitrogen and oxygen atoms in total. The van der Waals surface area contributed by atoms with Gasteiger partial charge in [0.2, 0.25) is 11.9 Å². The van der Waals surface area contributed by atoms with E-state index in [4.69, 9.17) is 4.74 Å². The number of nitrogens with zero attached hydrogens (tertiary/aromatic N) is 4. The molecule has 3 aromatic rings. The third-order valence-electron chi connectivity index (χ3n) is 5.59. The Morgan fingerprint density at radius 1 is 1.12 bits per heavy atom. The van der Waals surface area contributed by atoms with Crippen molar-refractivity contribution in [1.29, 1.82) is 0 Å². The number of carbonyl (C=O) groups is 1. The maximum absolute atomic E-state index is 14.8. The van der Waals surface area contributed by atoms with Crippen molar-refractivity contribution in [2.24, 2.45) is 0 Å². The normalized spacial score (nSPS) is 11.5. The fraction of sp³-hybridized carbons (Fsp3) is 0.250. The Kier molecular flexibility index (Phi) is 10.1. The number of aryl methyl sites for hydroxylation is 1. The molecular formula is C28H28F4N6O2. The minimum atomic E-state index is -4.61. The number of nitrogens with one attached hydrogen (secondary N) is 2. The summed E-state index contributed by atoms with van der Waals surface area (Å²) in [7, 11) is 3.50. The quantitative estimate of drug-likeness (QED) is 0.187. The SMILES string of the molecule is C=C=C/C(=C\N(C)CCOC)Nc1ncc(-c2ccc(CC(=O)Nc3cnc(C)c(C(F)(F)F)c3)c(F)c2)cn1. The van der Waals surface area contributed by atoms with Crippen molar-refractivity contribution in [3.05, 3.63) is 95.8 Å². The van der Waals surface area contributed by atoms with Gasteiger partial charge >= 0.3 is 6.18 Å². The minimum absolute atomic E-state index is 0.0696. The van der Waals surface area contributed by atoms with Crippen LogP contribution in [0.15, 0.2) is 73.1 Å². The van der Waals surface area contributed by atoms with E-state index in [9.17, 15) is 22.4 Å². The van der Waals surface area contributed by atoms with Crippen molar-refractivity contribution in [3.8, 4) is 11.1 Å². The summed E-state index contributed by atoms with van der Waals surface area (Å²) < 4.78 is 59.2. The maximum atomic E-state index is 14.8. The van der Waals surface area contributed by atoms with Crippen LogP contribution in [0, 0.1) is 12.7 Å². The zero-order valence-corrected chi connectivity index (χ0v) is 22.1. The number of ether oxygens (including phenoxy) is 1. The molecule has 0 radical (unpaired) electrons. The van der Waals surface area contributed by atoms with Crippen molar-refractivity contribution in [2.45, 2.75) is 19.5 Å². The molecule has 0 fully saturated rings. The number of alkyl halides is 3. The molecule has 2 heterocycles. The lowest BCUT2D eigenvalue weighted by molar-refractivity contribution is -0.138. The Bertz CT molecular complexity index is 1420. The third kappa shape index (κ3) is 8.48. The van der Waals surface area contributed by atoms with Gasteiger partial charge in [-0.15, -0.1) is 5.73 Å². The van der Waals surface area contributed by atoms with Crippen LogP contribution < -0.4 is 10.6 Å². The number of allylic oxidation sites excluding steroid dienone is 1. The van der Waals surface area contributed by atoms with E-state index >= 15 is 0 Å². The van der Waals surface area contributed by atoms with Crippen LogP contribution in [0.3, 0.4) is 0 Å². The standard InChI is InChI=1S/C28H28F4N6O2/c1-5-6-22(17-38(3)9-10-40-4)37-27-34-14-21(15-35-27)19-7-8-20(25(29)11-19)12-26(39)36-23-13-24(28(30,31)32)18(2)33-16-23/h6-8,11,13-17H,1,9-10,12H2,2-4H3,(H,36,39)(H,34,35,37)/b22-17+. The first-order valence-corrected chi connectivity index (χ1v) is 12.0. The van der Waals surface area contributed by atoms with Crippen molar-refractivity contribution < 1.29 is 27.1 Å².